The summed E-state index contributed by atoms with van der Waals surface area (Å²) in [7, 11) is 3.15. The van der Waals surface area contributed by atoms with Crippen LogP contribution >= 0.6 is 0 Å². The van der Waals surface area contributed by atoms with Gasteiger partial charge in [0.25, 0.3) is 5.91 Å². The number of amides is 1. The van der Waals surface area contributed by atoms with E-state index in [-0.39, 0.29) is 5.91 Å². The molecule has 2 aliphatic rings. The van der Waals surface area contributed by atoms with Crippen LogP contribution < -0.4 is 14.8 Å². The lowest BCUT2D eigenvalue weighted by molar-refractivity contribution is 0.0744. The van der Waals surface area contributed by atoms with E-state index in [1.165, 1.54) is 6.42 Å². The molecule has 5 nitrogen and oxygen atoms in total. The molecule has 2 atom stereocenters. The van der Waals surface area contributed by atoms with Gasteiger partial charge in [0.1, 0.15) is 0 Å². The van der Waals surface area contributed by atoms with Crippen molar-refractivity contribution in [3.8, 4) is 11.5 Å². The first-order valence-electron chi connectivity index (χ1n) is 7.49. The number of carbonyl (C=O) groups is 1. The molecule has 2 aliphatic heterocycles. The average molecular weight is 290 g/mol. The third-order valence-corrected chi connectivity index (χ3v) is 4.44. The highest BCUT2D eigenvalue weighted by atomic mass is 16.5. The van der Waals surface area contributed by atoms with Crippen LogP contribution in [0, 0.1) is 0 Å². The number of benzene rings is 1. The van der Waals surface area contributed by atoms with E-state index in [1.807, 2.05) is 17.0 Å². The number of carbonyl (C=O) groups excluding carboxylic acids is 1. The first-order chi connectivity index (χ1) is 10.2. The van der Waals surface area contributed by atoms with E-state index in [2.05, 4.69) is 5.32 Å². The standard InChI is InChI=1S/C16H22N2O3/c1-20-14-5-3-4-13(15(14)21-2)16(19)18-9-8-11-6-7-12(10-18)17-11/h3-5,11-12,17H,6-10H2,1-2H3. The maximum atomic E-state index is 12.8. The third-order valence-electron chi connectivity index (χ3n) is 4.44. The van der Waals surface area contributed by atoms with Crippen LogP contribution in [0.15, 0.2) is 18.2 Å². The Bertz CT molecular complexity index is 532. The van der Waals surface area contributed by atoms with Gasteiger partial charge in [-0.3, -0.25) is 4.79 Å². The predicted octanol–water partition coefficient (Wildman–Crippen LogP) is 1.67. The number of nitrogens with one attached hydrogen (secondary N) is 1. The normalized spacial score (nSPS) is 24.6. The molecule has 0 aromatic heterocycles. The highest BCUT2D eigenvalue weighted by molar-refractivity contribution is 5.97. The van der Waals surface area contributed by atoms with Crippen molar-refractivity contribution < 1.29 is 14.3 Å². The highest BCUT2D eigenvalue weighted by Crippen LogP contribution is 2.32. The molecule has 21 heavy (non-hydrogen) atoms. The molecule has 2 bridgehead atoms. The van der Waals surface area contributed by atoms with E-state index >= 15 is 0 Å². The molecule has 0 spiro atoms. The molecule has 2 fully saturated rings. The minimum Gasteiger partial charge on any atom is -0.493 e. The van der Waals surface area contributed by atoms with Crippen LogP contribution in [0.4, 0.5) is 0 Å². The second-order valence-electron chi connectivity index (χ2n) is 5.72. The maximum absolute atomic E-state index is 12.8. The van der Waals surface area contributed by atoms with Crippen LogP contribution in [0.3, 0.4) is 0 Å². The third kappa shape index (κ3) is 2.70. The summed E-state index contributed by atoms with van der Waals surface area (Å²) in [6.07, 6.45) is 3.41. The molecule has 1 N–H and O–H groups in total. The van der Waals surface area contributed by atoms with Crippen LogP contribution in [-0.2, 0) is 0 Å². The Balaban J connectivity index is 1.84. The van der Waals surface area contributed by atoms with Gasteiger partial charge in [-0.25, -0.2) is 0 Å². The fourth-order valence-corrected chi connectivity index (χ4v) is 3.35. The van der Waals surface area contributed by atoms with Gasteiger partial charge in [0.05, 0.1) is 19.8 Å². The van der Waals surface area contributed by atoms with Crippen molar-refractivity contribution in [2.75, 3.05) is 27.3 Å². The van der Waals surface area contributed by atoms with E-state index in [4.69, 9.17) is 9.47 Å². The fraction of sp³-hybridized carbons (Fsp3) is 0.562. The number of para-hydroxylation sites is 1. The summed E-state index contributed by atoms with van der Waals surface area (Å²) >= 11 is 0. The summed E-state index contributed by atoms with van der Waals surface area (Å²) in [5, 5.41) is 3.59. The number of rotatable bonds is 3. The molecule has 0 radical (unpaired) electrons. The van der Waals surface area contributed by atoms with Crippen LogP contribution in [0.5, 0.6) is 11.5 Å². The van der Waals surface area contributed by atoms with Crippen molar-refractivity contribution in [1.29, 1.82) is 0 Å². The topological polar surface area (TPSA) is 50.8 Å². The first-order valence-corrected chi connectivity index (χ1v) is 7.49. The van der Waals surface area contributed by atoms with Crippen LogP contribution in [0.2, 0.25) is 0 Å². The van der Waals surface area contributed by atoms with E-state index in [0.29, 0.717) is 29.1 Å². The number of nitrogens with zero attached hydrogens (tertiary/aromatic N) is 1. The van der Waals surface area contributed by atoms with Crippen molar-refractivity contribution in [1.82, 2.24) is 10.2 Å². The molecule has 1 aromatic rings. The molecule has 5 heteroatoms. The van der Waals surface area contributed by atoms with Crippen LogP contribution in [-0.4, -0.2) is 50.2 Å². The van der Waals surface area contributed by atoms with Gasteiger partial charge in [0.2, 0.25) is 0 Å². The second-order valence-corrected chi connectivity index (χ2v) is 5.72. The predicted molar refractivity (Wildman–Crippen MR) is 80.0 cm³/mol. The zero-order valence-electron chi connectivity index (χ0n) is 12.6. The molecule has 0 saturated carbocycles. The van der Waals surface area contributed by atoms with E-state index in [0.717, 1.165) is 25.9 Å². The number of ether oxygens (including phenoxy) is 2. The van der Waals surface area contributed by atoms with Gasteiger partial charge in [-0.2, -0.15) is 0 Å². The molecule has 1 aromatic carbocycles. The summed E-state index contributed by atoms with van der Waals surface area (Å²) in [6.45, 7) is 1.57. The van der Waals surface area contributed by atoms with E-state index < -0.39 is 0 Å². The monoisotopic (exact) mass is 290 g/mol. The maximum Gasteiger partial charge on any atom is 0.257 e. The van der Waals surface area contributed by atoms with Gasteiger partial charge in [-0.1, -0.05) is 6.07 Å². The fourth-order valence-electron chi connectivity index (χ4n) is 3.35. The number of fused-ring (bicyclic) bond motifs is 2. The van der Waals surface area contributed by atoms with Gasteiger partial charge in [-0.15, -0.1) is 0 Å². The summed E-state index contributed by atoms with van der Waals surface area (Å²) in [5.74, 6) is 1.14. The van der Waals surface area contributed by atoms with Crippen molar-refractivity contribution in [3.63, 3.8) is 0 Å². The molecule has 2 saturated heterocycles. The van der Waals surface area contributed by atoms with Crippen molar-refractivity contribution >= 4 is 5.91 Å². The minimum atomic E-state index is 0.0279. The van der Waals surface area contributed by atoms with Gasteiger partial charge in [0.15, 0.2) is 11.5 Å². The Kier molecular flexibility index (Phi) is 4.01. The van der Waals surface area contributed by atoms with E-state index in [9.17, 15) is 4.79 Å². The quantitative estimate of drug-likeness (QED) is 0.920. The lowest BCUT2D eigenvalue weighted by atomic mass is 10.1. The lowest BCUT2D eigenvalue weighted by Gasteiger charge is -2.25. The number of hydrogen-bond acceptors (Lipinski definition) is 4. The lowest BCUT2D eigenvalue weighted by Crippen LogP contribution is -2.39. The molecule has 0 aliphatic carbocycles. The molecule has 2 heterocycles. The summed E-state index contributed by atoms with van der Waals surface area (Å²) in [6, 6.07) is 6.44. The molecular formula is C16H22N2O3. The number of methoxy groups -OCH3 is 2. The summed E-state index contributed by atoms with van der Waals surface area (Å²) in [4.78, 5) is 14.8. The Morgan fingerprint density at radius 1 is 1.19 bits per heavy atom. The van der Waals surface area contributed by atoms with Crippen molar-refractivity contribution in [3.05, 3.63) is 23.8 Å². The molecule has 1 amide bonds. The Morgan fingerprint density at radius 2 is 2.00 bits per heavy atom. The molecule has 2 unspecified atom stereocenters. The molecule has 3 rings (SSSR count). The Morgan fingerprint density at radius 3 is 2.76 bits per heavy atom. The van der Waals surface area contributed by atoms with Gasteiger partial charge < -0.3 is 19.7 Å². The Labute approximate surface area is 125 Å². The van der Waals surface area contributed by atoms with Crippen LogP contribution in [0.25, 0.3) is 0 Å². The second kappa shape index (κ2) is 5.93. The van der Waals surface area contributed by atoms with Crippen molar-refractivity contribution in [2.24, 2.45) is 0 Å². The Hall–Kier alpha value is -1.75. The van der Waals surface area contributed by atoms with Gasteiger partial charge in [0, 0.05) is 25.2 Å². The number of likely N-dealkylation sites (tertiary alicyclic amines) is 1. The smallest absolute Gasteiger partial charge is 0.257 e. The van der Waals surface area contributed by atoms with Gasteiger partial charge in [-0.05, 0) is 31.4 Å². The summed E-state index contributed by atoms with van der Waals surface area (Å²) < 4.78 is 10.7. The molecular weight excluding hydrogens is 268 g/mol. The minimum absolute atomic E-state index is 0.0279. The SMILES string of the molecule is COc1cccc(C(=O)N2CCC3CCC(C2)N3)c1OC. The largest absolute Gasteiger partial charge is 0.493 e. The zero-order chi connectivity index (χ0) is 14.8. The first kappa shape index (κ1) is 14.2. The average Bonchev–Trinajstić information content (AvgIpc) is 2.84. The van der Waals surface area contributed by atoms with Gasteiger partial charge >= 0.3 is 0 Å². The number of hydrogen-bond donors (Lipinski definition) is 1. The summed E-state index contributed by atoms with van der Waals surface area (Å²) in [5.41, 5.74) is 0.578. The van der Waals surface area contributed by atoms with E-state index in [1.54, 1.807) is 20.3 Å². The van der Waals surface area contributed by atoms with Crippen LogP contribution in [0.1, 0.15) is 29.6 Å². The highest BCUT2D eigenvalue weighted by Gasteiger charge is 2.32. The van der Waals surface area contributed by atoms with Crippen molar-refractivity contribution in [2.45, 2.75) is 31.3 Å². The molecule has 114 valence electrons. The zero-order valence-corrected chi connectivity index (χ0v) is 12.6.